The zero-order valence-electron chi connectivity index (χ0n) is 41.2. The molecule has 6 fully saturated rings. The number of hydrogen-bond acceptors (Lipinski definition) is 12. The van der Waals surface area contributed by atoms with Gasteiger partial charge in [-0.05, 0) is 132 Å². The summed E-state index contributed by atoms with van der Waals surface area (Å²) in [6.45, 7) is 9.16. The van der Waals surface area contributed by atoms with E-state index in [2.05, 4.69) is 40.4 Å². The predicted molar refractivity (Wildman–Crippen MR) is 258 cm³/mol. The number of thioether (sulfide) groups is 1. The van der Waals surface area contributed by atoms with Crippen LogP contribution in [0.4, 0.5) is 4.79 Å². The molecule has 8 unspecified atom stereocenters. The molecule has 4 aliphatic heterocycles. The summed E-state index contributed by atoms with van der Waals surface area (Å²) in [5.41, 5.74) is -0.285. The average Bonchev–Trinajstić information content (AvgIpc) is 3.53. The SMILES string of the molecule is CC1=C(COC(=O)CNC(=O)CCCCCNC(=O)CCCCCNC(=O)CCCCC2SCC3NC(=O)NC32)C(=O)OC([C@H](C)C2CCC3C4C[C@H]5O[C@]56[C@@H](O)C=CC(=O)[C@]6(C)C4CC[C@@]32C)C1. The van der Waals surface area contributed by atoms with Gasteiger partial charge in [-0.3, -0.25) is 24.0 Å². The number of allylic oxidation sites excluding steroid dienone is 1. The Morgan fingerprint density at radius 1 is 0.884 bits per heavy atom. The summed E-state index contributed by atoms with van der Waals surface area (Å²) in [4.78, 5) is 88.0. The minimum absolute atomic E-state index is 0.00774. The molecule has 17 heteroatoms. The maximum absolute atomic E-state index is 13.5. The Labute approximate surface area is 411 Å². The molecule has 0 aromatic heterocycles. The van der Waals surface area contributed by atoms with Gasteiger partial charge in [0.1, 0.15) is 31.0 Å². The molecule has 0 bridgehead atoms. The third kappa shape index (κ3) is 10.7. The third-order valence-electron chi connectivity index (χ3n) is 18.1. The van der Waals surface area contributed by atoms with Gasteiger partial charge in [0.25, 0.3) is 0 Å². The van der Waals surface area contributed by atoms with Crippen LogP contribution in [0.3, 0.4) is 0 Å². The second-order valence-electron chi connectivity index (χ2n) is 22.0. The lowest BCUT2D eigenvalue weighted by atomic mass is 9.44. The first-order valence-corrected chi connectivity index (χ1v) is 27.2. The number of ketones is 1. The number of esters is 2. The lowest BCUT2D eigenvalue weighted by Crippen LogP contribution is -2.63. The summed E-state index contributed by atoms with van der Waals surface area (Å²) in [5.74, 6) is 1.07. The van der Waals surface area contributed by atoms with E-state index in [4.69, 9.17) is 14.2 Å². The molecule has 69 heavy (non-hydrogen) atoms. The van der Waals surface area contributed by atoms with Crippen LogP contribution in [0.5, 0.6) is 0 Å². The predicted octanol–water partition coefficient (Wildman–Crippen LogP) is 5.10. The zero-order chi connectivity index (χ0) is 49.1. The first kappa shape index (κ1) is 51.4. The summed E-state index contributed by atoms with van der Waals surface area (Å²) in [7, 11) is 0. The van der Waals surface area contributed by atoms with Crippen LogP contribution in [0.1, 0.15) is 143 Å². The number of hydrogen-bond donors (Lipinski definition) is 6. The molecule has 4 heterocycles. The molecule has 5 amide bonds. The monoisotopic (exact) mass is 980 g/mol. The van der Waals surface area contributed by atoms with Crippen LogP contribution in [0.25, 0.3) is 0 Å². The van der Waals surface area contributed by atoms with E-state index in [1.165, 1.54) is 0 Å². The van der Waals surface area contributed by atoms with Gasteiger partial charge in [0.05, 0.1) is 29.2 Å². The standard InChI is InChI=1S/C52H77N5O11S/c1-30-25-38(31(2)34-17-18-35-32-26-42-52(68-42)41(59)20-19-40(58)51(52,4)36(32)21-22-50(34,35)3)67-48(64)33(30)28-66-46(63)27-55-45(62)15-8-6-12-23-53-43(60)14-7-5-11-24-54-44(61)16-10-9-13-39-47-37(29-69-39)56-49(65)57-47/h19-20,31-32,34-39,41-42,47,59H,5-18,21-29H2,1-4H3,(H,53,60)(H,54,61)(H,55,62)(H2,56,57,65)/t31-,32?,34?,35?,36?,37?,38?,39?,41+,42-,47?,50-,51+,52-/m1/s1. The Morgan fingerprint density at radius 3 is 2.26 bits per heavy atom. The molecule has 0 radical (unpaired) electrons. The number of nitrogens with one attached hydrogen (secondary N) is 5. The van der Waals surface area contributed by atoms with Crippen molar-refractivity contribution in [3.8, 4) is 0 Å². The molecule has 14 atom stereocenters. The average molecular weight is 980 g/mol. The van der Waals surface area contributed by atoms with Crippen LogP contribution < -0.4 is 26.6 Å². The Morgan fingerprint density at radius 2 is 1.57 bits per heavy atom. The summed E-state index contributed by atoms with van der Waals surface area (Å²) in [6, 6.07) is 0.349. The maximum Gasteiger partial charge on any atom is 0.337 e. The molecule has 1 spiro atoms. The Balaban J connectivity index is 0.639. The Hall–Kier alpha value is -3.96. The van der Waals surface area contributed by atoms with Crippen molar-refractivity contribution in [1.82, 2.24) is 26.6 Å². The normalized spacial score (nSPS) is 36.4. The van der Waals surface area contributed by atoms with Crippen molar-refractivity contribution in [2.45, 2.75) is 185 Å². The summed E-state index contributed by atoms with van der Waals surface area (Å²) >= 11 is 1.89. The van der Waals surface area contributed by atoms with Crippen LogP contribution >= 0.6 is 11.8 Å². The van der Waals surface area contributed by atoms with Gasteiger partial charge in [-0.15, -0.1) is 0 Å². The van der Waals surface area contributed by atoms with Crippen molar-refractivity contribution in [3.63, 3.8) is 0 Å². The van der Waals surface area contributed by atoms with E-state index < -0.39 is 29.1 Å². The first-order valence-electron chi connectivity index (χ1n) is 26.2. The van der Waals surface area contributed by atoms with Crippen molar-refractivity contribution < 1.29 is 52.9 Å². The highest BCUT2D eigenvalue weighted by molar-refractivity contribution is 8.00. The quantitative estimate of drug-likeness (QED) is 0.0340. The van der Waals surface area contributed by atoms with Gasteiger partial charge < -0.3 is 45.9 Å². The van der Waals surface area contributed by atoms with Crippen LogP contribution in [0, 0.1) is 40.4 Å². The van der Waals surface area contributed by atoms with Crippen molar-refractivity contribution >= 4 is 53.2 Å². The number of ether oxygens (including phenoxy) is 3. The summed E-state index contributed by atoms with van der Waals surface area (Å²) < 4.78 is 17.8. The second-order valence-corrected chi connectivity index (χ2v) is 23.3. The van der Waals surface area contributed by atoms with Gasteiger partial charge in [0.15, 0.2) is 5.78 Å². The number of aliphatic hydroxyl groups is 1. The number of unbranched alkanes of at least 4 members (excludes halogenated alkanes) is 5. The molecule has 4 aliphatic carbocycles. The van der Waals surface area contributed by atoms with Crippen molar-refractivity contribution in [1.29, 1.82) is 0 Å². The fourth-order valence-corrected chi connectivity index (χ4v) is 15.8. The molecule has 3 saturated carbocycles. The fourth-order valence-electron chi connectivity index (χ4n) is 14.2. The van der Waals surface area contributed by atoms with Crippen molar-refractivity contribution in [2.75, 3.05) is 32.0 Å². The van der Waals surface area contributed by atoms with Crippen LogP contribution in [0.15, 0.2) is 23.3 Å². The minimum Gasteiger partial charge on any atom is -0.459 e. The number of urea groups is 1. The number of carbonyl (C=O) groups excluding carboxylic acids is 7. The largest absolute Gasteiger partial charge is 0.459 e. The lowest BCUT2D eigenvalue weighted by molar-refractivity contribution is -0.156. The maximum atomic E-state index is 13.5. The Kier molecular flexibility index (Phi) is 16.2. The molecule has 8 rings (SSSR count). The van der Waals surface area contributed by atoms with E-state index in [9.17, 15) is 38.7 Å². The van der Waals surface area contributed by atoms with Crippen LogP contribution in [-0.4, -0.2) is 120 Å². The van der Waals surface area contributed by atoms with Crippen molar-refractivity contribution in [2.24, 2.45) is 40.4 Å². The molecule has 6 N–H and O–H groups in total. The number of amides is 5. The summed E-state index contributed by atoms with van der Waals surface area (Å²) in [5, 5.41) is 25.9. The highest BCUT2D eigenvalue weighted by Gasteiger charge is 2.80. The van der Waals surface area contributed by atoms with Crippen LogP contribution in [-0.2, 0) is 43.0 Å². The molecule has 8 aliphatic rings. The number of cyclic esters (lactones) is 1. The highest BCUT2D eigenvalue weighted by atomic mass is 32.2. The topological polar surface area (TPSA) is 231 Å². The van der Waals surface area contributed by atoms with Gasteiger partial charge in [0, 0.05) is 49.8 Å². The van der Waals surface area contributed by atoms with Crippen molar-refractivity contribution in [3.05, 3.63) is 23.3 Å². The fraction of sp³-hybridized carbons (Fsp3) is 0.788. The number of epoxide rings is 1. The number of aliphatic hydroxyl groups excluding tert-OH is 1. The summed E-state index contributed by atoms with van der Waals surface area (Å²) in [6.07, 6.45) is 15.9. The number of carbonyl (C=O) groups is 7. The minimum atomic E-state index is -0.782. The number of fused-ring (bicyclic) bond motifs is 5. The second kappa shape index (κ2) is 21.8. The van der Waals surface area contributed by atoms with Gasteiger partial charge >= 0.3 is 18.0 Å². The zero-order valence-corrected chi connectivity index (χ0v) is 42.0. The number of rotatable bonds is 23. The molecular formula is C52H77N5O11S. The van der Waals surface area contributed by atoms with E-state index in [0.717, 1.165) is 94.8 Å². The van der Waals surface area contributed by atoms with E-state index in [1.54, 1.807) is 12.2 Å². The van der Waals surface area contributed by atoms with Gasteiger partial charge in [0.2, 0.25) is 17.7 Å². The van der Waals surface area contributed by atoms with E-state index in [0.29, 0.717) is 67.3 Å². The molecule has 3 saturated heterocycles. The van der Waals surface area contributed by atoms with E-state index in [1.807, 2.05) is 25.6 Å². The van der Waals surface area contributed by atoms with Gasteiger partial charge in [-0.25, -0.2) is 9.59 Å². The first-order chi connectivity index (χ1) is 33.1. The van der Waals surface area contributed by atoms with Crippen LogP contribution in [0.2, 0.25) is 0 Å². The highest BCUT2D eigenvalue weighted by Crippen LogP contribution is 2.73. The third-order valence-corrected chi connectivity index (χ3v) is 19.6. The smallest absolute Gasteiger partial charge is 0.337 e. The molecule has 0 aromatic rings. The molecular weight excluding hydrogens is 903 g/mol. The van der Waals surface area contributed by atoms with E-state index >= 15 is 0 Å². The molecule has 0 aromatic carbocycles. The molecule has 382 valence electrons. The van der Waals surface area contributed by atoms with E-state index in [-0.39, 0.29) is 90.7 Å². The van der Waals surface area contributed by atoms with Gasteiger partial charge in [-0.1, -0.05) is 38.7 Å². The molecule has 16 nitrogen and oxygen atoms in total. The van der Waals surface area contributed by atoms with Gasteiger partial charge in [-0.2, -0.15) is 11.8 Å². The Bertz CT molecular complexity index is 2050. The lowest BCUT2D eigenvalue weighted by Gasteiger charge is -2.58.